The van der Waals surface area contributed by atoms with E-state index in [1.807, 2.05) is 30.4 Å². The van der Waals surface area contributed by atoms with Crippen LogP contribution in [0.5, 0.6) is 0 Å². The number of amides is 1. The third kappa shape index (κ3) is 4.12. The average Bonchev–Trinajstić information content (AvgIpc) is 3.34. The largest absolute Gasteiger partial charge is 0.332 e. The van der Waals surface area contributed by atoms with Crippen molar-refractivity contribution in [2.24, 2.45) is 5.92 Å². The van der Waals surface area contributed by atoms with Gasteiger partial charge in [0.25, 0.3) is 5.56 Å². The molecular weight excluding hydrogens is 404 g/mol. The van der Waals surface area contributed by atoms with Gasteiger partial charge in [0, 0.05) is 36.9 Å². The van der Waals surface area contributed by atoms with E-state index < -0.39 is 0 Å². The number of carbonyl (C=O) groups is 1. The third-order valence-electron chi connectivity index (χ3n) is 7.31. The fourth-order valence-electron chi connectivity index (χ4n) is 4.98. The van der Waals surface area contributed by atoms with E-state index in [2.05, 4.69) is 35.8 Å². The first-order chi connectivity index (χ1) is 15.2. The summed E-state index contributed by atoms with van der Waals surface area (Å²) in [5, 5.41) is 4.60. The first-order valence-electron chi connectivity index (χ1n) is 11.8. The van der Waals surface area contributed by atoms with Gasteiger partial charge in [0.05, 0.1) is 29.9 Å². The summed E-state index contributed by atoms with van der Waals surface area (Å²) in [4.78, 5) is 38.4. The van der Waals surface area contributed by atoms with E-state index in [0.29, 0.717) is 31.5 Å². The molecule has 4 heterocycles. The number of nitrogens with zero attached hydrogens (tertiary/aromatic N) is 5. The summed E-state index contributed by atoms with van der Waals surface area (Å²) >= 11 is 0. The van der Waals surface area contributed by atoms with Crippen molar-refractivity contribution >= 4 is 5.91 Å². The van der Waals surface area contributed by atoms with Crippen LogP contribution in [0.1, 0.15) is 73.7 Å². The van der Waals surface area contributed by atoms with Crippen LogP contribution in [0.2, 0.25) is 0 Å². The van der Waals surface area contributed by atoms with Gasteiger partial charge >= 0.3 is 0 Å². The van der Waals surface area contributed by atoms with Crippen molar-refractivity contribution in [3.05, 3.63) is 44.4 Å². The van der Waals surface area contributed by atoms with Gasteiger partial charge in [0.15, 0.2) is 0 Å². The summed E-state index contributed by atoms with van der Waals surface area (Å²) in [5.41, 5.74) is 4.92. The number of carbonyl (C=O) groups excluding carboxylic acids is 1. The highest BCUT2D eigenvalue weighted by molar-refractivity contribution is 5.79. The van der Waals surface area contributed by atoms with Gasteiger partial charge in [-0.25, -0.2) is 4.98 Å². The molecule has 0 saturated carbocycles. The van der Waals surface area contributed by atoms with Gasteiger partial charge in [-0.2, -0.15) is 5.10 Å². The highest BCUT2D eigenvalue weighted by Crippen LogP contribution is 2.32. The second-order valence-electron chi connectivity index (χ2n) is 9.76. The minimum absolute atomic E-state index is 0.0427. The summed E-state index contributed by atoms with van der Waals surface area (Å²) in [5.74, 6) is 0.537. The fraction of sp³-hybridized carbons (Fsp3) is 0.667. The van der Waals surface area contributed by atoms with E-state index in [0.717, 1.165) is 48.5 Å². The topological polar surface area (TPSA) is 87.1 Å². The van der Waals surface area contributed by atoms with Crippen molar-refractivity contribution in [3.63, 3.8) is 0 Å². The number of rotatable bonds is 5. The maximum Gasteiger partial charge on any atom is 0.254 e. The zero-order valence-corrected chi connectivity index (χ0v) is 20.2. The Morgan fingerprint density at radius 2 is 1.94 bits per heavy atom. The molecule has 1 N–H and O–H groups in total. The molecule has 0 unspecified atom stereocenters. The Hall–Kier alpha value is -2.48. The number of likely N-dealkylation sites (tertiary alicyclic amines) is 1. The van der Waals surface area contributed by atoms with Crippen LogP contribution in [-0.4, -0.2) is 54.6 Å². The molecule has 1 fully saturated rings. The second-order valence-corrected chi connectivity index (χ2v) is 9.76. The monoisotopic (exact) mass is 440 g/mol. The van der Waals surface area contributed by atoms with Crippen LogP contribution in [0.15, 0.2) is 4.79 Å². The molecule has 174 valence electrons. The second kappa shape index (κ2) is 8.81. The smallest absolute Gasteiger partial charge is 0.254 e. The molecule has 2 aliphatic heterocycles. The van der Waals surface area contributed by atoms with Crippen LogP contribution in [0.25, 0.3) is 0 Å². The van der Waals surface area contributed by atoms with Gasteiger partial charge in [-0.05, 0) is 59.4 Å². The lowest BCUT2D eigenvalue weighted by Crippen LogP contribution is -2.41. The van der Waals surface area contributed by atoms with Gasteiger partial charge in [-0.1, -0.05) is 6.92 Å². The van der Waals surface area contributed by atoms with Gasteiger partial charge in [0.1, 0.15) is 5.82 Å². The van der Waals surface area contributed by atoms with Crippen LogP contribution >= 0.6 is 0 Å². The van der Waals surface area contributed by atoms with E-state index in [4.69, 9.17) is 4.98 Å². The molecule has 8 heteroatoms. The summed E-state index contributed by atoms with van der Waals surface area (Å²) < 4.78 is 1.94. The van der Waals surface area contributed by atoms with Crippen molar-refractivity contribution in [1.29, 1.82) is 0 Å². The molecule has 2 aliphatic rings. The number of H-pyrrole nitrogens is 1. The van der Waals surface area contributed by atoms with Crippen LogP contribution in [0.4, 0.5) is 0 Å². The molecule has 2 atom stereocenters. The normalized spacial score (nSPS) is 20.1. The predicted molar refractivity (Wildman–Crippen MR) is 123 cm³/mol. The van der Waals surface area contributed by atoms with Crippen molar-refractivity contribution < 1.29 is 4.79 Å². The lowest BCUT2D eigenvalue weighted by molar-refractivity contribution is -0.136. The molecule has 0 spiro atoms. The Kier molecular flexibility index (Phi) is 6.25. The minimum atomic E-state index is -0.200. The highest BCUT2D eigenvalue weighted by atomic mass is 16.2. The first kappa shape index (κ1) is 22.7. The van der Waals surface area contributed by atoms with Gasteiger partial charge in [0.2, 0.25) is 5.91 Å². The summed E-state index contributed by atoms with van der Waals surface area (Å²) in [6.45, 7) is 15.2. The molecule has 32 heavy (non-hydrogen) atoms. The lowest BCUT2D eigenvalue weighted by Gasteiger charge is -2.32. The summed E-state index contributed by atoms with van der Waals surface area (Å²) in [6.07, 6.45) is 2.47. The number of hydrogen-bond donors (Lipinski definition) is 1. The Labute approximate surface area is 190 Å². The zero-order valence-electron chi connectivity index (χ0n) is 20.2. The van der Waals surface area contributed by atoms with E-state index >= 15 is 0 Å². The quantitative estimate of drug-likeness (QED) is 0.772. The Morgan fingerprint density at radius 1 is 1.19 bits per heavy atom. The van der Waals surface area contributed by atoms with Crippen LogP contribution in [0, 0.1) is 26.7 Å². The molecule has 0 radical (unpaired) electrons. The minimum Gasteiger partial charge on any atom is -0.332 e. The molecule has 0 bridgehead atoms. The molecule has 4 rings (SSSR count). The Morgan fingerprint density at radius 3 is 2.59 bits per heavy atom. The van der Waals surface area contributed by atoms with Crippen molar-refractivity contribution in [2.45, 2.75) is 86.0 Å². The molecular formula is C24H36N6O2. The maximum atomic E-state index is 13.4. The van der Waals surface area contributed by atoms with Gasteiger partial charge in [-0.15, -0.1) is 0 Å². The van der Waals surface area contributed by atoms with Crippen LogP contribution in [0.3, 0.4) is 0 Å². The third-order valence-corrected chi connectivity index (χ3v) is 7.31. The zero-order chi connectivity index (χ0) is 23.2. The summed E-state index contributed by atoms with van der Waals surface area (Å²) in [6, 6.07) is 0.246. The molecule has 0 aliphatic carbocycles. The van der Waals surface area contributed by atoms with Crippen LogP contribution < -0.4 is 5.56 Å². The van der Waals surface area contributed by atoms with Crippen LogP contribution in [-0.2, 0) is 24.3 Å². The SMILES string of the molecule is Cc1nn(C[C@@H](C)C(=O)N2CCC[C@@H]2c2nc3c(c(=O)[nH]2)CCN(C(C)C)C3)c(C)c1C. The standard InChI is InChI=1S/C24H36N6O2/c1-14(2)28-11-9-19-20(13-28)25-22(26-23(19)31)21-8-7-10-29(21)24(32)15(3)12-30-18(6)16(4)17(5)27-30/h14-15,21H,7-13H2,1-6H3,(H,25,26,31)/t15-,21-/m1/s1. The number of aryl methyl sites for hydroxylation is 1. The number of aromatic nitrogens is 4. The fourth-order valence-corrected chi connectivity index (χ4v) is 4.98. The molecule has 2 aromatic rings. The van der Waals surface area contributed by atoms with E-state index in [1.54, 1.807) is 0 Å². The number of aromatic amines is 1. The molecule has 1 saturated heterocycles. The van der Waals surface area contributed by atoms with Gasteiger partial charge in [-0.3, -0.25) is 19.2 Å². The predicted octanol–water partition coefficient (Wildman–Crippen LogP) is 2.66. The molecule has 1 amide bonds. The lowest BCUT2D eigenvalue weighted by atomic mass is 10.0. The summed E-state index contributed by atoms with van der Waals surface area (Å²) in [7, 11) is 0. The number of fused-ring (bicyclic) bond motifs is 1. The van der Waals surface area contributed by atoms with Crippen molar-refractivity contribution in [3.8, 4) is 0 Å². The number of hydrogen-bond acceptors (Lipinski definition) is 5. The molecule has 2 aromatic heterocycles. The number of nitrogens with one attached hydrogen (secondary N) is 1. The highest BCUT2D eigenvalue weighted by Gasteiger charge is 2.35. The molecule has 0 aromatic carbocycles. The first-order valence-corrected chi connectivity index (χ1v) is 11.8. The van der Waals surface area contributed by atoms with Gasteiger partial charge < -0.3 is 9.88 Å². The van der Waals surface area contributed by atoms with Crippen molar-refractivity contribution in [2.75, 3.05) is 13.1 Å². The maximum absolute atomic E-state index is 13.4. The Balaban J connectivity index is 1.55. The van der Waals surface area contributed by atoms with E-state index in [1.165, 1.54) is 5.56 Å². The Bertz CT molecular complexity index is 1070. The molecule has 8 nitrogen and oxygen atoms in total. The van der Waals surface area contributed by atoms with E-state index in [9.17, 15) is 9.59 Å². The van der Waals surface area contributed by atoms with E-state index in [-0.39, 0.29) is 23.4 Å². The van der Waals surface area contributed by atoms with Crippen molar-refractivity contribution in [1.82, 2.24) is 29.5 Å². The average molecular weight is 441 g/mol.